The first-order chi connectivity index (χ1) is 5.79. The summed E-state index contributed by atoms with van der Waals surface area (Å²) in [6.45, 7) is 1.03. The van der Waals surface area contributed by atoms with Gasteiger partial charge in [0.05, 0.1) is 0 Å². The van der Waals surface area contributed by atoms with Crippen molar-refractivity contribution in [3.8, 4) is 0 Å². The molecule has 0 radical (unpaired) electrons. The van der Waals surface area contributed by atoms with Crippen LogP contribution in [0.2, 0.25) is 0 Å². The highest BCUT2D eigenvalue weighted by Crippen LogP contribution is 1.99. The lowest BCUT2D eigenvalue weighted by Crippen LogP contribution is -2.10. The third-order valence-electron chi connectivity index (χ3n) is 1.34. The van der Waals surface area contributed by atoms with Crippen LogP contribution >= 0.6 is 0 Å². The molecule has 2 nitrogen and oxygen atoms in total. The van der Waals surface area contributed by atoms with Crippen molar-refractivity contribution in [2.24, 2.45) is 0 Å². The van der Waals surface area contributed by atoms with Crippen LogP contribution in [0.5, 0.6) is 0 Å². The molecule has 0 unspecified atom stereocenters. The molecule has 12 heavy (non-hydrogen) atoms. The van der Waals surface area contributed by atoms with Gasteiger partial charge in [-0.05, 0) is 19.7 Å². The van der Waals surface area contributed by atoms with Crippen LogP contribution < -0.4 is 0 Å². The van der Waals surface area contributed by atoms with Crippen LogP contribution in [0.15, 0.2) is 30.3 Å². The van der Waals surface area contributed by atoms with Gasteiger partial charge in [0, 0.05) is 13.7 Å². The molecule has 0 aliphatic carbocycles. The van der Waals surface area contributed by atoms with Crippen molar-refractivity contribution >= 4 is 0 Å². The van der Waals surface area contributed by atoms with Crippen LogP contribution in [0, 0.1) is 0 Å². The molecule has 0 fully saturated rings. The highest BCUT2D eigenvalue weighted by molar-refractivity contribution is 5.14. The topological polar surface area (TPSA) is 23.5 Å². The van der Waals surface area contributed by atoms with Crippen molar-refractivity contribution in [2.75, 3.05) is 21.2 Å². The fraction of sp³-hybridized carbons (Fsp3) is 0.400. The Morgan fingerprint density at radius 3 is 2.00 bits per heavy atom. The Labute approximate surface area is 74.5 Å². The fourth-order valence-corrected chi connectivity index (χ4v) is 0.949. The summed E-state index contributed by atoms with van der Waals surface area (Å²) in [5.74, 6) is 0. The minimum Gasteiger partial charge on any atom is -0.400 e. The van der Waals surface area contributed by atoms with Gasteiger partial charge in [0.1, 0.15) is 0 Å². The minimum absolute atomic E-state index is 1.00. The Hall–Kier alpha value is -0.860. The van der Waals surface area contributed by atoms with Crippen molar-refractivity contribution in [3.63, 3.8) is 0 Å². The van der Waals surface area contributed by atoms with Crippen LogP contribution in [0.1, 0.15) is 5.56 Å². The zero-order valence-corrected chi connectivity index (χ0v) is 7.99. The van der Waals surface area contributed by atoms with Crippen molar-refractivity contribution in [1.82, 2.24) is 4.90 Å². The van der Waals surface area contributed by atoms with E-state index in [2.05, 4.69) is 43.3 Å². The maximum absolute atomic E-state index is 7.00. The Bertz CT molecular complexity index is 184. The van der Waals surface area contributed by atoms with Gasteiger partial charge in [-0.15, -0.1) is 0 Å². The van der Waals surface area contributed by atoms with E-state index >= 15 is 0 Å². The van der Waals surface area contributed by atoms with Crippen molar-refractivity contribution in [2.45, 2.75) is 6.54 Å². The van der Waals surface area contributed by atoms with E-state index in [9.17, 15) is 0 Å². The molecule has 1 aromatic carbocycles. The molecular weight excluding hydrogens is 150 g/mol. The molecular formula is C10H17NO. The average molecular weight is 167 g/mol. The minimum atomic E-state index is 1.00. The zero-order chi connectivity index (χ0) is 9.40. The number of nitrogens with zero attached hydrogens (tertiary/aromatic N) is 1. The molecule has 0 aliphatic rings. The SMILES string of the molecule is CN(C)Cc1ccccc1.CO. The summed E-state index contributed by atoms with van der Waals surface area (Å²) >= 11 is 0. The van der Waals surface area contributed by atoms with Crippen molar-refractivity contribution < 1.29 is 5.11 Å². The van der Waals surface area contributed by atoms with Gasteiger partial charge >= 0.3 is 0 Å². The quantitative estimate of drug-likeness (QED) is 0.719. The van der Waals surface area contributed by atoms with Gasteiger partial charge in [-0.25, -0.2) is 0 Å². The summed E-state index contributed by atoms with van der Waals surface area (Å²) in [5, 5.41) is 7.00. The molecule has 0 heterocycles. The molecule has 2 heteroatoms. The second-order valence-electron chi connectivity index (χ2n) is 2.72. The van der Waals surface area contributed by atoms with Gasteiger partial charge in [-0.1, -0.05) is 30.3 Å². The lowest BCUT2D eigenvalue weighted by molar-refractivity contribution is 0.399. The van der Waals surface area contributed by atoms with E-state index in [1.807, 2.05) is 6.07 Å². The van der Waals surface area contributed by atoms with Crippen LogP contribution in [-0.2, 0) is 6.54 Å². The van der Waals surface area contributed by atoms with E-state index in [0.29, 0.717) is 0 Å². The highest BCUT2D eigenvalue weighted by Gasteiger charge is 1.90. The Morgan fingerprint density at radius 2 is 1.58 bits per heavy atom. The van der Waals surface area contributed by atoms with E-state index in [4.69, 9.17) is 5.11 Å². The van der Waals surface area contributed by atoms with Crippen molar-refractivity contribution in [1.29, 1.82) is 0 Å². The van der Waals surface area contributed by atoms with Gasteiger partial charge < -0.3 is 10.0 Å². The molecule has 1 N–H and O–H groups in total. The zero-order valence-electron chi connectivity index (χ0n) is 7.99. The van der Waals surface area contributed by atoms with Gasteiger partial charge in [0.2, 0.25) is 0 Å². The molecule has 0 saturated heterocycles. The third kappa shape index (κ3) is 4.88. The van der Waals surface area contributed by atoms with Crippen molar-refractivity contribution in [3.05, 3.63) is 35.9 Å². The predicted octanol–water partition coefficient (Wildman–Crippen LogP) is 1.36. The summed E-state index contributed by atoms with van der Waals surface area (Å²) < 4.78 is 0. The summed E-state index contributed by atoms with van der Waals surface area (Å²) in [4.78, 5) is 2.16. The first-order valence-electron chi connectivity index (χ1n) is 3.92. The normalized spacial score (nSPS) is 9.08. The monoisotopic (exact) mass is 167 g/mol. The molecule has 68 valence electrons. The smallest absolute Gasteiger partial charge is 0.0319 e. The summed E-state index contributed by atoms with van der Waals surface area (Å²) in [7, 11) is 5.15. The van der Waals surface area contributed by atoms with Crippen LogP contribution in [0.4, 0.5) is 0 Å². The molecule has 0 bridgehead atoms. The number of aliphatic hydroxyl groups is 1. The van der Waals surface area contributed by atoms with E-state index in [1.54, 1.807) is 0 Å². The molecule has 0 aromatic heterocycles. The lowest BCUT2D eigenvalue weighted by atomic mass is 10.2. The fourth-order valence-electron chi connectivity index (χ4n) is 0.949. The first-order valence-corrected chi connectivity index (χ1v) is 3.92. The second kappa shape index (κ2) is 6.83. The van der Waals surface area contributed by atoms with Crippen LogP contribution in [-0.4, -0.2) is 31.2 Å². The maximum atomic E-state index is 7.00. The average Bonchev–Trinajstić information content (AvgIpc) is 2.08. The molecule has 1 aromatic rings. The summed E-state index contributed by atoms with van der Waals surface area (Å²) in [6, 6.07) is 10.5. The van der Waals surface area contributed by atoms with E-state index in [1.165, 1.54) is 5.56 Å². The second-order valence-corrected chi connectivity index (χ2v) is 2.72. The van der Waals surface area contributed by atoms with Gasteiger partial charge in [0.15, 0.2) is 0 Å². The van der Waals surface area contributed by atoms with E-state index in [0.717, 1.165) is 13.7 Å². The molecule has 0 atom stereocenters. The standard InChI is InChI=1S/C9H13N.CH4O/c1-10(2)8-9-6-4-3-5-7-9;1-2/h3-7H,8H2,1-2H3;2H,1H3. The number of hydrogen-bond donors (Lipinski definition) is 1. The number of benzene rings is 1. The lowest BCUT2D eigenvalue weighted by Gasteiger charge is -2.08. The Balaban J connectivity index is 0.000000561. The number of hydrogen-bond acceptors (Lipinski definition) is 2. The highest BCUT2D eigenvalue weighted by atomic mass is 16.2. The number of rotatable bonds is 2. The van der Waals surface area contributed by atoms with Crippen LogP contribution in [0.3, 0.4) is 0 Å². The van der Waals surface area contributed by atoms with Gasteiger partial charge in [-0.2, -0.15) is 0 Å². The third-order valence-corrected chi connectivity index (χ3v) is 1.34. The predicted molar refractivity (Wildman–Crippen MR) is 52.0 cm³/mol. The molecule has 0 amide bonds. The Morgan fingerprint density at radius 1 is 1.08 bits per heavy atom. The number of aliphatic hydroxyl groups excluding tert-OH is 1. The molecule has 1 rings (SSSR count). The summed E-state index contributed by atoms with van der Waals surface area (Å²) in [6.07, 6.45) is 0. The summed E-state index contributed by atoms with van der Waals surface area (Å²) in [5.41, 5.74) is 1.37. The first kappa shape index (κ1) is 11.1. The van der Waals surface area contributed by atoms with E-state index < -0.39 is 0 Å². The van der Waals surface area contributed by atoms with Gasteiger partial charge in [-0.3, -0.25) is 0 Å². The van der Waals surface area contributed by atoms with Crippen LogP contribution in [0.25, 0.3) is 0 Å². The van der Waals surface area contributed by atoms with E-state index in [-0.39, 0.29) is 0 Å². The largest absolute Gasteiger partial charge is 0.400 e. The molecule has 0 spiro atoms. The molecule has 0 saturated carbocycles. The maximum Gasteiger partial charge on any atom is 0.0319 e. The molecule has 0 aliphatic heterocycles. The Kier molecular flexibility index (Phi) is 6.34. The van der Waals surface area contributed by atoms with Gasteiger partial charge in [0.25, 0.3) is 0 Å².